The van der Waals surface area contributed by atoms with Crippen LogP contribution in [0.3, 0.4) is 0 Å². The molecule has 0 unspecified atom stereocenters. The van der Waals surface area contributed by atoms with Crippen molar-refractivity contribution >= 4 is 22.9 Å². The standard InChI is InChI=1S/C18H14F3N.C2H7NS.C2H6/c19-12-6-4-11(5-7-12)17-16(10-2-1-3-10)14-8-13(20)9-15(21)18(14)22-17;1-3-4-2;1-2/h4-10,22H,1-3H2;3H,1-2H3;1-2H3. The van der Waals surface area contributed by atoms with Crippen LogP contribution in [0, 0.1) is 17.5 Å². The second-order valence-electron chi connectivity index (χ2n) is 6.27. The van der Waals surface area contributed by atoms with Crippen molar-refractivity contribution in [1.29, 1.82) is 0 Å². The Morgan fingerprint density at radius 1 is 1.00 bits per heavy atom. The molecule has 0 saturated heterocycles. The molecule has 4 rings (SSSR count). The largest absolute Gasteiger partial charge is 0.352 e. The van der Waals surface area contributed by atoms with Crippen molar-refractivity contribution in [1.82, 2.24) is 9.71 Å². The van der Waals surface area contributed by atoms with Crippen molar-refractivity contribution in [3.63, 3.8) is 0 Å². The van der Waals surface area contributed by atoms with Gasteiger partial charge in [0.1, 0.15) is 17.5 Å². The number of rotatable bonds is 3. The minimum atomic E-state index is -0.594. The first-order valence-electron chi connectivity index (χ1n) is 9.51. The summed E-state index contributed by atoms with van der Waals surface area (Å²) >= 11 is 1.61. The third kappa shape index (κ3) is 4.92. The highest BCUT2D eigenvalue weighted by Gasteiger charge is 2.27. The van der Waals surface area contributed by atoms with Crippen molar-refractivity contribution < 1.29 is 13.2 Å². The van der Waals surface area contributed by atoms with Crippen LogP contribution in [0.15, 0.2) is 36.4 Å². The van der Waals surface area contributed by atoms with Crippen LogP contribution in [0.1, 0.15) is 44.6 Å². The van der Waals surface area contributed by atoms with E-state index in [0.717, 1.165) is 42.1 Å². The van der Waals surface area contributed by atoms with E-state index in [1.165, 1.54) is 18.2 Å². The average Bonchev–Trinajstić information content (AvgIpc) is 3.02. The SMILES string of the molecule is CC.CNSC.Fc1ccc(-c2[nH]c3c(F)cc(F)cc3c2C2CCC2)cc1. The average molecular weight is 409 g/mol. The van der Waals surface area contributed by atoms with Crippen LogP contribution in [-0.2, 0) is 0 Å². The first-order valence-corrected chi connectivity index (χ1v) is 10.7. The summed E-state index contributed by atoms with van der Waals surface area (Å²) < 4.78 is 43.7. The highest BCUT2D eigenvalue weighted by molar-refractivity contribution is 7.96. The summed E-state index contributed by atoms with van der Waals surface area (Å²) in [5.74, 6) is -1.18. The molecule has 3 aromatic rings. The number of halogens is 3. The highest BCUT2D eigenvalue weighted by atomic mass is 32.2. The van der Waals surface area contributed by atoms with Crippen LogP contribution in [0.2, 0.25) is 0 Å². The Kier molecular flexibility index (Phi) is 8.45. The Morgan fingerprint density at radius 2 is 1.61 bits per heavy atom. The normalized spacial score (nSPS) is 13.2. The number of fused-ring (bicyclic) bond motifs is 1. The molecule has 1 saturated carbocycles. The maximum Gasteiger partial charge on any atom is 0.150 e. The summed E-state index contributed by atoms with van der Waals surface area (Å²) in [5.41, 5.74) is 2.83. The molecule has 1 aliphatic rings. The van der Waals surface area contributed by atoms with Gasteiger partial charge in [-0.1, -0.05) is 32.2 Å². The third-order valence-corrected chi connectivity index (χ3v) is 5.12. The monoisotopic (exact) mass is 408 g/mol. The van der Waals surface area contributed by atoms with Crippen molar-refractivity contribution in [2.45, 2.75) is 39.0 Å². The Balaban J connectivity index is 0.000000419. The molecular formula is C22H27F3N2S. The molecule has 0 radical (unpaired) electrons. The number of aromatic nitrogens is 1. The summed E-state index contributed by atoms with van der Waals surface area (Å²) in [4.78, 5) is 3.08. The number of hydrogen-bond acceptors (Lipinski definition) is 2. The molecule has 2 nitrogen and oxygen atoms in total. The van der Waals surface area contributed by atoms with Gasteiger partial charge in [0.05, 0.1) is 11.2 Å². The van der Waals surface area contributed by atoms with Gasteiger partial charge in [-0.05, 0) is 73.5 Å². The molecule has 1 aliphatic carbocycles. The van der Waals surface area contributed by atoms with Gasteiger partial charge in [0.2, 0.25) is 0 Å². The fraction of sp³-hybridized carbons (Fsp3) is 0.364. The molecule has 6 heteroatoms. The van der Waals surface area contributed by atoms with E-state index < -0.39 is 11.6 Å². The molecule has 1 heterocycles. The summed E-state index contributed by atoms with van der Waals surface area (Å²) in [6, 6.07) is 8.35. The molecule has 1 fully saturated rings. The second kappa shape index (κ2) is 10.6. The lowest BCUT2D eigenvalue weighted by Crippen LogP contribution is -2.09. The Bertz CT molecular complexity index is 885. The molecule has 1 aromatic heterocycles. The van der Waals surface area contributed by atoms with Crippen LogP contribution >= 0.6 is 11.9 Å². The number of benzene rings is 2. The van der Waals surface area contributed by atoms with Crippen LogP contribution < -0.4 is 4.72 Å². The third-order valence-electron chi connectivity index (χ3n) is 4.71. The minimum Gasteiger partial charge on any atom is -0.352 e. The zero-order valence-electron chi connectivity index (χ0n) is 16.7. The first-order chi connectivity index (χ1) is 13.5. The van der Waals surface area contributed by atoms with E-state index in [1.807, 2.05) is 27.2 Å². The number of hydrogen-bond donors (Lipinski definition) is 2. The van der Waals surface area contributed by atoms with E-state index in [9.17, 15) is 13.2 Å². The molecular weight excluding hydrogens is 381 g/mol. The van der Waals surface area contributed by atoms with E-state index in [-0.39, 0.29) is 5.82 Å². The van der Waals surface area contributed by atoms with Crippen molar-refractivity contribution in [3.05, 3.63) is 59.4 Å². The summed E-state index contributed by atoms with van der Waals surface area (Å²) in [5, 5.41) is 0.599. The van der Waals surface area contributed by atoms with Gasteiger partial charge in [-0.3, -0.25) is 4.72 Å². The zero-order valence-corrected chi connectivity index (χ0v) is 17.5. The lowest BCUT2D eigenvalue weighted by molar-refractivity contribution is 0.423. The van der Waals surface area contributed by atoms with Crippen molar-refractivity contribution in [2.24, 2.45) is 0 Å². The molecule has 152 valence electrons. The number of aromatic amines is 1. The molecule has 28 heavy (non-hydrogen) atoms. The minimum absolute atomic E-state index is 0.301. The maximum atomic E-state index is 14.1. The first kappa shape index (κ1) is 22.4. The molecule has 0 bridgehead atoms. The molecule has 2 aromatic carbocycles. The van der Waals surface area contributed by atoms with Gasteiger partial charge in [0.25, 0.3) is 0 Å². The van der Waals surface area contributed by atoms with Crippen LogP contribution in [0.5, 0.6) is 0 Å². The predicted octanol–water partition coefficient (Wildman–Crippen LogP) is 7.03. The van der Waals surface area contributed by atoms with E-state index in [4.69, 9.17) is 0 Å². The van der Waals surface area contributed by atoms with Gasteiger partial charge in [-0.25, -0.2) is 13.2 Å². The molecule has 0 spiro atoms. The summed E-state index contributed by atoms with van der Waals surface area (Å²) in [7, 11) is 1.89. The zero-order chi connectivity index (χ0) is 20.7. The lowest BCUT2D eigenvalue weighted by Gasteiger charge is -2.26. The van der Waals surface area contributed by atoms with Gasteiger partial charge >= 0.3 is 0 Å². The Labute approximate surface area is 169 Å². The van der Waals surface area contributed by atoms with Crippen LogP contribution in [0.4, 0.5) is 13.2 Å². The van der Waals surface area contributed by atoms with Crippen molar-refractivity contribution in [3.8, 4) is 11.3 Å². The lowest BCUT2D eigenvalue weighted by atomic mass is 9.78. The summed E-state index contributed by atoms with van der Waals surface area (Å²) in [6.07, 6.45) is 5.14. The predicted molar refractivity (Wildman–Crippen MR) is 114 cm³/mol. The van der Waals surface area contributed by atoms with Gasteiger partial charge in [-0.2, -0.15) is 0 Å². The molecule has 0 aliphatic heterocycles. The molecule has 0 amide bonds. The Hall–Kier alpha value is -1.92. The fourth-order valence-corrected chi connectivity index (χ4v) is 3.21. The molecule has 0 atom stereocenters. The van der Waals surface area contributed by atoms with Gasteiger partial charge in [0, 0.05) is 11.5 Å². The van der Waals surface area contributed by atoms with Gasteiger partial charge < -0.3 is 4.98 Å². The number of H-pyrrole nitrogens is 1. The van der Waals surface area contributed by atoms with Crippen LogP contribution in [-0.4, -0.2) is 18.3 Å². The van der Waals surface area contributed by atoms with Crippen LogP contribution in [0.25, 0.3) is 22.2 Å². The topological polar surface area (TPSA) is 27.8 Å². The molecule has 2 N–H and O–H groups in total. The summed E-state index contributed by atoms with van der Waals surface area (Å²) in [6.45, 7) is 4.00. The maximum absolute atomic E-state index is 14.1. The van der Waals surface area contributed by atoms with E-state index >= 15 is 0 Å². The van der Waals surface area contributed by atoms with Crippen molar-refractivity contribution in [2.75, 3.05) is 13.3 Å². The fourth-order valence-electron chi connectivity index (χ4n) is 3.21. The van der Waals surface area contributed by atoms with E-state index in [0.29, 0.717) is 16.8 Å². The Morgan fingerprint density at radius 3 is 2.11 bits per heavy atom. The highest BCUT2D eigenvalue weighted by Crippen LogP contribution is 2.45. The van der Waals surface area contributed by atoms with Gasteiger partial charge in [-0.15, -0.1) is 0 Å². The van der Waals surface area contributed by atoms with Gasteiger partial charge in [0.15, 0.2) is 0 Å². The van der Waals surface area contributed by atoms with E-state index in [2.05, 4.69) is 9.71 Å². The number of nitrogens with one attached hydrogen (secondary N) is 2. The van der Waals surface area contributed by atoms with E-state index in [1.54, 1.807) is 24.1 Å². The quantitative estimate of drug-likeness (QED) is 0.455. The second-order valence-corrected chi connectivity index (χ2v) is 7.08. The smallest absolute Gasteiger partial charge is 0.150 e.